The van der Waals surface area contributed by atoms with Crippen LogP contribution in [0, 0.1) is 4.91 Å². The monoisotopic (exact) mass is 436 g/mol. The third-order valence-corrected chi connectivity index (χ3v) is 4.60. The maximum atomic E-state index is 10.6. The van der Waals surface area contributed by atoms with Crippen LogP contribution in [-0.2, 0) is 4.79 Å². The van der Waals surface area contributed by atoms with Gasteiger partial charge in [-0.25, -0.2) is 14.8 Å². The number of hydrogen-bond donors (Lipinski definition) is 4. The number of alkyl halides is 3. The predicted octanol–water partition coefficient (Wildman–Crippen LogP) is 2.99. The number of hydrogen-bond acceptors (Lipinski definition) is 8. The smallest absolute Gasteiger partial charge is 0.475 e. The van der Waals surface area contributed by atoms with Gasteiger partial charge in [0.15, 0.2) is 5.34 Å². The number of aliphatic carboxylic acids is 1. The first-order valence-corrected chi connectivity index (χ1v) is 8.92. The molecule has 2 aromatic heterocycles. The zero-order chi connectivity index (χ0) is 22.0. The topological polar surface area (TPSA) is 144 Å². The van der Waals surface area contributed by atoms with Gasteiger partial charge in [0.25, 0.3) is 0 Å². The first-order chi connectivity index (χ1) is 13.6. The zero-order valence-electron chi connectivity index (χ0n) is 15.3. The minimum absolute atomic E-state index is 0.291. The van der Waals surface area contributed by atoms with Gasteiger partial charge in [0.2, 0.25) is 0 Å². The van der Waals surface area contributed by atoms with E-state index < -0.39 is 12.1 Å². The minimum atomic E-state index is -5.08. The summed E-state index contributed by atoms with van der Waals surface area (Å²) in [5.74, 6) is -2.76. The van der Waals surface area contributed by atoms with Gasteiger partial charge in [-0.05, 0) is 19.0 Å². The molecule has 0 amide bonds. The number of carboxylic acid groups (broad SMARTS) is 1. The molecule has 160 valence electrons. The Morgan fingerprint density at radius 3 is 2.62 bits per heavy atom. The van der Waals surface area contributed by atoms with Crippen LogP contribution in [-0.4, -0.2) is 61.4 Å². The number of carboxylic acids is 1. The van der Waals surface area contributed by atoms with Crippen LogP contribution in [0.5, 0.6) is 0 Å². The molecule has 0 bridgehead atoms. The maximum Gasteiger partial charge on any atom is 0.490 e. The molecule has 0 fully saturated rings. The lowest BCUT2D eigenvalue weighted by atomic mass is 10.3. The summed E-state index contributed by atoms with van der Waals surface area (Å²) >= 11 is 1.80. The van der Waals surface area contributed by atoms with Gasteiger partial charge in [0, 0.05) is 24.8 Å². The highest BCUT2D eigenvalue weighted by Gasteiger charge is 2.38. The van der Waals surface area contributed by atoms with Gasteiger partial charge in [0.1, 0.15) is 17.5 Å². The summed E-state index contributed by atoms with van der Waals surface area (Å²) in [6.07, 6.45) is 1.71. The van der Waals surface area contributed by atoms with Crippen LogP contribution in [0.25, 0.3) is 15.9 Å². The van der Waals surface area contributed by atoms with Crippen molar-refractivity contribution in [3.05, 3.63) is 35.4 Å². The van der Waals surface area contributed by atoms with Gasteiger partial charge in [-0.3, -0.25) is 5.32 Å². The Morgan fingerprint density at radius 1 is 1.45 bits per heavy atom. The second kappa shape index (κ2) is 11.2. The van der Waals surface area contributed by atoms with Crippen LogP contribution in [0.1, 0.15) is 19.0 Å². The van der Waals surface area contributed by atoms with Gasteiger partial charge in [-0.15, -0.1) is 4.91 Å². The average Bonchev–Trinajstić information content (AvgIpc) is 3.26. The fourth-order valence-corrected chi connectivity index (χ4v) is 3.30. The molecular formula is C15H19F3N6O4S. The van der Waals surface area contributed by atoms with Crippen LogP contribution >= 0.6 is 11.8 Å². The number of H-pyrrole nitrogens is 1. The summed E-state index contributed by atoms with van der Waals surface area (Å²) in [7, 11) is 2.09. The van der Waals surface area contributed by atoms with Crippen molar-refractivity contribution in [2.24, 2.45) is 5.34 Å². The second-order valence-electron chi connectivity index (χ2n) is 5.43. The molecule has 2 aromatic rings. The van der Waals surface area contributed by atoms with Crippen molar-refractivity contribution in [2.45, 2.75) is 25.0 Å². The Morgan fingerprint density at radius 2 is 2.07 bits per heavy atom. The zero-order valence-corrected chi connectivity index (χ0v) is 16.2. The van der Waals surface area contributed by atoms with Crippen molar-refractivity contribution in [3.63, 3.8) is 0 Å². The van der Waals surface area contributed by atoms with E-state index in [1.807, 2.05) is 12.3 Å². The summed E-state index contributed by atoms with van der Waals surface area (Å²) < 4.78 is 31.7. The molecule has 4 N–H and O–H groups in total. The molecule has 1 atom stereocenters. The average molecular weight is 436 g/mol. The van der Waals surface area contributed by atoms with E-state index >= 15 is 0 Å². The van der Waals surface area contributed by atoms with Gasteiger partial charge in [-0.1, -0.05) is 18.7 Å². The summed E-state index contributed by atoms with van der Waals surface area (Å²) in [5.41, 5.74) is 2.18. The molecule has 0 saturated carbocycles. The Kier molecular flexibility index (Phi) is 9.34. The number of nitrogens with zero attached hydrogens (tertiary/aromatic N) is 4. The lowest BCUT2D eigenvalue weighted by molar-refractivity contribution is -0.192. The van der Waals surface area contributed by atoms with E-state index in [2.05, 4.69) is 45.3 Å². The van der Waals surface area contributed by atoms with Crippen LogP contribution in [0.2, 0.25) is 0 Å². The van der Waals surface area contributed by atoms with Crippen LogP contribution in [0.3, 0.4) is 0 Å². The van der Waals surface area contributed by atoms with E-state index in [0.717, 1.165) is 29.7 Å². The number of rotatable bonds is 4. The molecule has 1 aliphatic rings. The van der Waals surface area contributed by atoms with E-state index in [4.69, 9.17) is 20.0 Å². The van der Waals surface area contributed by atoms with Crippen molar-refractivity contribution in [1.82, 2.24) is 25.2 Å². The minimum Gasteiger partial charge on any atom is -0.475 e. The first kappa shape index (κ1) is 24.2. The largest absolute Gasteiger partial charge is 0.490 e. The standard InChI is InChI=1S/C13H17N5S.C2HF3O2.HNO2/c1-3-5-15-13-18(2)7-10(19-13)11-9-4-6-14-12(9)17-8-16-11;3-2(4,5)1(6)7;2-1-3/h4,6-8,13,15H,3,5H2,1-2H3,(H,14,16,17);(H,6,7);(H,2,3). The number of fused-ring (bicyclic) bond motifs is 1. The maximum absolute atomic E-state index is 10.6. The van der Waals surface area contributed by atoms with Crippen molar-refractivity contribution in [3.8, 4) is 0 Å². The molecule has 0 saturated heterocycles. The number of aromatic nitrogens is 3. The Bertz CT molecular complexity index is 845. The summed E-state index contributed by atoms with van der Waals surface area (Å²) in [4.78, 5) is 32.2. The summed E-state index contributed by atoms with van der Waals surface area (Å²) in [6, 6.07) is 2.03. The highest BCUT2D eigenvalue weighted by Crippen LogP contribution is 2.38. The van der Waals surface area contributed by atoms with Gasteiger partial charge in [-0.2, -0.15) is 13.2 Å². The molecule has 1 unspecified atom stereocenters. The van der Waals surface area contributed by atoms with Crippen LogP contribution < -0.4 is 5.32 Å². The van der Waals surface area contributed by atoms with Crippen molar-refractivity contribution in [1.29, 1.82) is 0 Å². The highest BCUT2D eigenvalue weighted by atomic mass is 32.2. The molecule has 0 aromatic carbocycles. The highest BCUT2D eigenvalue weighted by molar-refractivity contribution is 8.09. The van der Waals surface area contributed by atoms with E-state index in [1.165, 1.54) is 10.2 Å². The van der Waals surface area contributed by atoms with E-state index in [9.17, 15) is 13.2 Å². The third kappa shape index (κ3) is 7.23. The van der Waals surface area contributed by atoms with Crippen molar-refractivity contribution in [2.75, 3.05) is 13.6 Å². The molecule has 0 radical (unpaired) electrons. The van der Waals surface area contributed by atoms with E-state index in [-0.39, 0.29) is 0 Å². The molecule has 29 heavy (non-hydrogen) atoms. The fourth-order valence-electron chi connectivity index (χ4n) is 2.13. The van der Waals surface area contributed by atoms with Gasteiger partial charge < -0.3 is 20.2 Å². The Balaban J connectivity index is 0.000000355. The molecule has 0 spiro atoms. The third-order valence-electron chi connectivity index (χ3n) is 3.33. The summed E-state index contributed by atoms with van der Waals surface area (Å²) in [6.45, 7) is 3.20. The second-order valence-corrected chi connectivity index (χ2v) is 6.55. The number of halogens is 3. The number of thioether (sulfide) groups is 1. The number of nitrogens with one attached hydrogen (secondary N) is 2. The van der Waals surface area contributed by atoms with E-state index in [1.54, 1.807) is 18.1 Å². The lowest BCUT2D eigenvalue weighted by Crippen LogP contribution is -2.35. The van der Waals surface area contributed by atoms with Gasteiger partial charge in [0.05, 0.1) is 10.6 Å². The molecular weight excluding hydrogens is 417 g/mol. The first-order valence-electron chi connectivity index (χ1n) is 8.04. The molecule has 0 aliphatic carbocycles. The van der Waals surface area contributed by atoms with Crippen molar-refractivity contribution < 1.29 is 28.3 Å². The summed E-state index contributed by atoms with van der Waals surface area (Å²) in [5, 5.41) is 19.6. The number of aromatic amines is 1. The van der Waals surface area contributed by atoms with E-state index in [0.29, 0.717) is 5.50 Å². The molecule has 1 aliphatic heterocycles. The molecule has 3 heterocycles. The molecule has 14 heteroatoms. The normalized spacial score (nSPS) is 15.7. The Hall–Kier alpha value is -2.87. The molecule has 3 rings (SSSR count). The SMILES string of the molecule is CCCNC1SC(c2ncnc3[nH]ccc23)=CN1C.O=C(O)C(F)(F)F.O=NO. The van der Waals surface area contributed by atoms with Crippen LogP contribution in [0.15, 0.2) is 30.1 Å². The number of carbonyl (C=O) groups is 1. The predicted molar refractivity (Wildman–Crippen MR) is 101 cm³/mol. The van der Waals surface area contributed by atoms with Crippen molar-refractivity contribution >= 4 is 33.7 Å². The fraction of sp³-hybridized carbons (Fsp3) is 0.400. The van der Waals surface area contributed by atoms with Crippen LogP contribution in [0.4, 0.5) is 13.2 Å². The molecule has 10 nitrogen and oxygen atoms in total. The Labute approximate surface area is 167 Å². The van der Waals surface area contributed by atoms with Gasteiger partial charge >= 0.3 is 12.1 Å². The lowest BCUT2D eigenvalue weighted by Gasteiger charge is -2.20. The quantitative estimate of drug-likeness (QED) is 0.420.